The van der Waals surface area contributed by atoms with Crippen molar-refractivity contribution < 1.29 is 14.3 Å². The van der Waals surface area contributed by atoms with E-state index >= 15 is 0 Å². The van der Waals surface area contributed by atoms with Crippen molar-refractivity contribution in [2.45, 2.75) is 0 Å². The lowest BCUT2D eigenvalue weighted by atomic mass is 10.0. The van der Waals surface area contributed by atoms with Crippen molar-refractivity contribution in [1.82, 2.24) is 4.98 Å². The Bertz CT molecular complexity index is 3050. The number of nitrogens with zero attached hydrogens (tertiary/aromatic N) is 2. The Balaban J connectivity index is 1.18. The normalized spacial score (nSPS) is 12.6. The third-order valence-corrected chi connectivity index (χ3v) is 9.35. The van der Waals surface area contributed by atoms with Crippen molar-refractivity contribution in [2.24, 2.45) is 0 Å². The largest absolute Gasteiger partial charge is 0.456 e. The maximum absolute atomic E-state index is 9.48. The first kappa shape index (κ1) is 25.1. The zero-order valence-corrected chi connectivity index (χ0v) is 27.2. The Morgan fingerprint density at radius 3 is 2.06 bits per heavy atom. The third kappa shape index (κ3) is 5.13. The van der Waals surface area contributed by atoms with Gasteiger partial charge in [-0.2, -0.15) is 0 Å². The van der Waals surface area contributed by atoms with Crippen LogP contribution in [0.1, 0.15) is 5.48 Å². The van der Waals surface area contributed by atoms with Crippen LogP contribution in [0.15, 0.2) is 191 Å². The van der Waals surface area contributed by atoms with Gasteiger partial charge in [0.2, 0.25) is 5.89 Å². The highest BCUT2D eigenvalue weighted by Crippen LogP contribution is 2.42. The zero-order valence-electron chi connectivity index (χ0n) is 31.2. The summed E-state index contributed by atoms with van der Waals surface area (Å²) in [4.78, 5) is 6.56. The van der Waals surface area contributed by atoms with Gasteiger partial charge in [0, 0.05) is 39.5 Å². The molecule has 0 spiro atoms. The first-order chi connectivity index (χ1) is 26.9. The number of benzene rings is 8. The number of aromatic nitrogens is 1. The predicted molar refractivity (Wildman–Crippen MR) is 210 cm³/mol. The number of fused-ring (bicyclic) bond motifs is 5. The van der Waals surface area contributed by atoms with Crippen LogP contribution < -0.4 is 4.90 Å². The minimum atomic E-state index is -0.155. The van der Waals surface area contributed by atoms with Crippen LogP contribution in [0.3, 0.4) is 0 Å². The van der Waals surface area contributed by atoms with Crippen molar-refractivity contribution in [1.29, 1.82) is 0 Å². The molecular weight excluding hydrogens is 625 g/mol. The van der Waals surface area contributed by atoms with E-state index in [1.165, 1.54) is 0 Å². The molecule has 0 atom stereocenters. The number of anilines is 3. The SMILES string of the molecule is [2H]c1c([2H])c(N(c2cccc(-c3ccccc3)c2)c2ccc3c(c2)oc2cccc(-c4nc5ccccc5o4)c23)c([2H])c([2H])c1-c1ccc2ccccc2c1. The number of furan rings is 1. The molecule has 4 heteroatoms. The van der Waals surface area contributed by atoms with Crippen LogP contribution in [0.4, 0.5) is 17.1 Å². The van der Waals surface area contributed by atoms with Crippen LogP contribution in [0.5, 0.6) is 0 Å². The first-order valence-corrected chi connectivity index (χ1v) is 16.8. The van der Waals surface area contributed by atoms with Gasteiger partial charge in [-0.1, -0.05) is 109 Å². The van der Waals surface area contributed by atoms with Crippen molar-refractivity contribution in [3.63, 3.8) is 0 Å². The molecule has 0 aliphatic heterocycles. The maximum Gasteiger partial charge on any atom is 0.228 e. The van der Waals surface area contributed by atoms with Crippen LogP contribution in [-0.2, 0) is 0 Å². The highest BCUT2D eigenvalue weighted by Gasteiger charge is 2.20. The molecule has 0 unspecified atom stereocenters. The van der Waals surface area contributed by atoms with Crippen LogP contribution in [0, 0.1) is 0 Å². The molecule has 2 heterocycles. The quantitative estimate of drug-likeness (QED) is 0.178. The lowest BCUT2D eigenvalue weighted by Gasteiger charge is -2.26. The fourth-order valence-corrected chi connectivity index (χ4v) is 6.89. The van der Waals surface area contributed by atoms with Gasteiger partial charge < -0.3 is 13.7 Å². The minimum Gasteiger partial charge on any atom is -0.456 e. The van der Waals surface area contributed by atoms with Gasteiger partial charge in [0.25, 0.3) is 0 Å². The number of hydrogen-bond donors (Lipinski definition) is 0. The summed E-state index contributed by atoms with van der Waals surface area (Å²) < 4.78 is 50.3. The summed E-state index contributed by atoms with van der Waals surface area (Å²) >= 11 is 0. The molecule has 0 radical (unpaired) electrons. The molecule has 0 saturated heterocycles. The summed E-state index contributed by atoms with van der Waals surface area (Å²) in [5.74, 6) is 0.494. The molecule has 10 rings (SSSR count). The van der Waals surface area contributed by atoms with E-state index in [0.717, 1.165) is 43.8 Å². The van der Waals surface area contributed by atoms with E-state index in [0.29, 0.717) is 39.6 Å². The highest BCUT2D eigenvalue weighted by molar-refractivity contribution is 6.12. The molecule has 0 aliphatic carbocycles. The van der Waals surface area contributed by atoms with Crippen LogP contribution in [-0.4, -0.2) is 4.98 Å². The molecule has 10 aromatic rings. The molecule has 0 bridgehead atoms. The van der Waals surface area contributed by atoms with Gasteiger partial charge in [0.05, 0.1) is 5.48 Å². The van der Waals surface area contributed by atoms with Crippen LogP contribution >= 0.6 is 0 Å². The van der Waals surface area contributed by atoms with Gasteiger partial charge in [-0.15, -0.1) is 0 Å². The maximum atomic E-state index is 9.48. The van der Waals surface area contributed by atoms with E-state index in [4.69, 9.17) is 13.8 Å². The number of rotatable bonds is 6. The first-order valence-electron chi connectivity index (χ1n) is 18.8. The summed E-state index contributed by atoms with van der Waals surface area (Å²) in [6.07, 6.45) is 0. The fraction of sp³-hybridized carbons (Fsp3) is 0. The van der Waals surface area contributed by atoms with Gasteiger partial charge in [-0.05, 0) is 99.7 Å². The smallest absolute Gasteiger partial charge is 0.228 e. The van der Waals surface area contributed by atoms with Crippen LogP contribution in [0.25, 0.3) is 77.5 Å². The van der Waals surface area contributed by atoms with E-state index in [2.05, 4.69) is 0 Å². The van der Waals surface area contributed by atoms with Crippen molar-refractivity contribution in [3.05, 3.63) is 182 Å². The van der Waals surface area contributed by atoms with E-state index in [9.17, 15) is 5.48 Å². The van der Waals surface area contributed by atoms with Crippen molar-refractivity contribution >= 4 is 60.9 Å². The summed E-state index contributed by atoms with van der Waals surface area (Å²) in [7, 11) is 0. The molecule has 0 saturated carbocycles. The molecule has 8 aromatic carbocycles. The molecule has 4 nitrogen and oxygen atoms in total. The van der Waals surface area contributed by atoms with E-state index in [1.54, 1.807) is 4.90 Å². The standard InChI is InChI=1S/C47H30N2O2/c1-2-10-31(11-3-1)35-14-8-15-38(29-35)49(37-24-22-33(23-25-37)36-21-20-32-12-4-5-13-34(32)28-36)39-26-27-40-45(30-39)50-44-19-9-16-41(46(40)44)47-48-42-17-6-7-18-43(42)51-47/h1-30H/i22D,23D,24D,25D. The molecule has 2 aromatic heterocycles. The Hall–Kier alpha value is -6.91. The van der Waals surface area contributed by atoms with Gasteiger partial charge in [-0.25, -0.2) is 4.98 Å². The topological polar surface area (TPSA) is 42.4 Å². The second-order valence-electron chi connectivity index (χ2n) is 12.5. The second kappa shape index (κ2) is 11.9. The Morgan fingerprint density at radius 1 is 0.451 bits per heavy atom. The fourth-order valence-electron chi connectivity index (χ4n) is 6.89. The Morgan fingerprint density at radius 2 is 1.18 bits per heavy atom. The second-order valence-corrected chi connectivity index (χ2v) is 12.5. The lowest BCUT2D eigenvalue weighted by Crippen LogP contribution is -2.10. The Kier molecular flexibility index (Phi) is 5.86. The molecular formula is C47H30N2O2. The highest BCUT2D eigenvalue weighted by atomic mass is 16.3. The number of oxazole rings is 1. The monoisotopic (exact) mass is 658 g/mol. The van der Waals surface area contributed by atoms with Gasteiger partial charge in [-0.3, -0.25) is 0 Å². The number of hydrogen-bond acceptors (Lipinski definition) is 4. The molecule has 51 heavy (non-hydrogen) atoms. The molecule has 0 N–H and O–H groups in total. The third-order valence-electron chi connectivity index (χ3n) is 9.35. The summed E-state index contributed by atoms with van der Waals surface area (Å²) in [6.45, 7) is 0. The summed E-state index contributed by atoms with van der Waals surface area (Å²) in [6, 6.07) is 50.2. The summed E-state index contributed by atoms with van der Waals surface area (Å²) in [5.41, 5.74) is 7.76. The van der Waals surface area contributed by atoms with Crippen molar-refractivity contribution in [2.75, 3.05) is 4.90 Å². The van der Waals surface area contributed by atoms with Gasteiger partial charge >= 0.3 is 0 Å². The molecule has 240 valence electrons. The van der Waals surface area contributed by atoms with Crippen molar-refractivity contribution in [3.8, 4) is 33.7 Å². The molecule has 0 fully saturated rings. The number of para-hydroxylation sites is 2. The lowest BCUT2D eigenvalue weighted by molar-refractivity contribution is 0.620. The average molecular weight is 659 g/mol. The van der Waals surface area contributed by atoms with E-state index < -0.39 is 0 Å². The van der Waals surface area contributed by atoms with E-state index in [-0.39, 0.29) is 35.4 Å². The van der Waals surface area contributed by atoms with Gasteiger partial charge in [0.1, 0.15) is 16.7 Å². The van der Waals surface area contributed by atoms with Gasteiger partial charge in [0.15, 0.2) is 5.58 Å². The molecule has 0 amide bonds. The van der Waals surface area contributed by atoms with E-state index in [1.807, 2.05) is 158 Å². The van der Waals surface area contributed by atoms with Crippen LogP contribution in [0.2, 0.25) is 0 Å². The zero-order chi connectivity index (χ0) is 37.2. The molecule has 0 aliphatic rings. The predicted octanol–water partition coefficient (Wildman–Crippen LogP) is 13.4. The average Bonchev–Trinajstić information content (AvgIpc) is 3.84. The summed E-state index contributed by atoms with van der Waals surface area (Å²) in [5, 5.41) is 3.70. The Labute approximate surface area is 300 Å². The minimum absolute atomic E-state index is 0.122.